The van der Waals surface area contributed by atoms with Gasteiger partial charge in [0.25, 0.3) is 5.91 Å². The first-order chi connectivity index (χ1) is 9.67. The van der Waals surface area contributed by atoms with Crippen LogP contribution < -0.4 is 5.32 Å². The molecule has 0 atom stereocenters. The third-order valence-corrected chi connectivity index (χ3v) is 3.63. The Morgan fingerprint density at radius 3 is 2.75 bits per heavy atom. The second kappa shape index (κ2) is 6.75. The minimum atomic E-state index is 0.0252. The molecule has 1 aliphatic carbocycles. The summed E-state index contributed by atoms with van der Waals surface area (Å²) in [5.74, 6) is 0.0340. The molecule has 1 fully saturated rings. The first kappa shape index (κ1) is 14.9. The zero-order valence-electron chi connectivity index (χ0n) is 12.4. The van der Waals surface area contributed by atoms with Crippen LogP contribution >= 0.6 is 0 Å². The molecule has 0 radical (unpaired) electrons. The summed E-state index contributed by atoms with van der Waals surface area (Å²) in [6, 6.07) is 6.11. The van der Waals surface area contributed by atoms with Crippen LogP contribution in [0.15, 0.2) is 18.2 Å². The van der Waals surface area contributed by atoms with Crippen molar-refractivity contribution in [3.8, 4) is 0 Å². The predicted octanol–water partition coefficient (Wildman–Crippen LogP) is 2.41. The average molecular weight is 276 g/mol. The highest BCUT2D eigenvalue weighted by Gasteiger charge is 2.32. The van der Waals surface area contributed by atoms with Crippen LogP contribution in [0.3, 0.4) is 0 Å². The lowest BCUT2D eigenvalue weighted by Crippen LogP contribution is -2.35. The number of hydrogen-bond donors (Lipinski definition) is 2. The zero-order valence-corrected chi connectivity index (χ0v) is 12.4. The smallest absolute Gasteiger partial charge is 0.254 e. The molecule has 1 aromatic carbocycles. The summed E-state index contributed by atoms with van der Waals surface area (Å²) in [7, 11) is 0. The number of anilines is 1. The van der Waals surface area contributed by atoms with Crippen molar-refractivity contribution in [1.82, 2.24) is 4.90 Å². The molecule has 4 nitrogen and oxygen atoms in total. The Morgan fingerprint density at radius 2 is 2.20 bits per heavy atom. The normalized spacial score (nSPS) is 14.2. The van der Waals surface area contributed by atoms with Crippen molar-refractivity contribution in [2.24, 2.45) is 0 Å². The molecule has 4 heteroatoms. The number of benzene rings is 1. The molecule has 1 aromatic rings. The largest absolute Gasteiger partial charge is 0.395 e. The standard InChI is InChI=1S/C16H24N2O2/c1-3-8-17-15-7-4-13(11-12(15)2)16(20)18(9-10-19)14-5-6-14/h4,7,11,14,17,19H,3,5-6,8-10H2,1-2H3. The molecule has 0 spiro atoms. The van der Waals surface area contributed by atoms with E-state index in [0.717, 1.165) is 37.1 Å². The number of aryl methyl sites for hydroxylation is 1. The summed E-state index contributed by atoms with van der Waals surface area (Å²) in [5.41, 5.74) is 2.89. The molecule has 20 heavy (non-hydrogen) atoms. The van der Waals surface area contributed by atoms with Gasteiger partial charge in [0, 0.05) is 30.4 Å². The lowest BCUT2D eigenvalue weighted by atomic mass is 10.1. The monoisotopic (exact) mass is 276 g/mol. The second-order valence-electron chi connectivity index (χ2n) is 5.41. The van der Waals surface area contributed by atoms with Crippen LogP contribution in [0.2, 0.25) is 0 Å². The van der Waals surface area contributed by atoms with Crippen LogP contribution in [0, 0.1) is 6.92 Å². The van der Waals surface area contributed by atoms with E-state index in [9.17, 15) is 4.79 Å². The van der Waals surface area contributed by atoms with E-state index in [1.165, 1.54) is 0 Å². The van der Waals surface area contributed by atoms with Crippen molar-refractivity contribution in [1.29, 1.82) is 0 Å². The van der Waals surface area contributed by atoms with E-state index >= 15 is 0 Å². The third kappa shape index (κ3) is 3.51. The fourth-order valence-electron chi connectivity index (χ4n) is 2.36. The van der Waals surface area contributed by atoms with Gasteiger partial charge in [0.05, 0.1) is 6.61 Å². The molecule has 0 saturated heterocycles. The van der Waals surface area contributed by atoms with Crippen molar-refractivity contribution in [2.75, 3.05) is 25.0 Å². The van der Waals surface area contributed by atoms with Gasteiger partial charge in [-0.3, -0.25) is 4.79 Å². The van der Waals surface area contributed by atoms with Crippen LogP contribution in [0.5, 0.6) is 0 Å². The fourth-order valence-corrected chi connectivity index (χ4v) is 2.36. The van der Waals surface area contributed by atoms with E-state index in [-0.39, 0.29) is 12.5 Å². The van der Waals surface area contributed by atoms with Crippen molar-refractivity contribution >= 4 is 11.6 Å². The molecular formula is C16H24N2O2. The van der Waals surface area contributed by atoms with E-state index in [0.29, 0.717) is 18.2 Å². The topological polar surface area (TPSA) is 52.6 Å². The Bertz CT molecular complexity index is 470. The zero-order chi connectivity index (χ0) is 14.5. The summed E-state index contributed by atoms with van der Waals surface area (Å²) in [6.45, 7) is 5.54. The number of rotatable bonds is 7. The highest BCUT2D eigenvalue weighted by Crippen LogP contribution is 2.28. The number of aliphatic hydroxyl groups is 1. The number of carbonyl (C=O) groups excluding carboxylic acids is 1. The number of aliphatic hydroxyl groups excluding tert-OH is 1. The van der Waals surface area contributed by atoms with Crippen LogP contribution in [-0.2, 0) is 0 Å². The summed E-state index contributed by atoms with van der Waals surface area (Å²) in [5, 5.41) is 12.5. The average Bonchev–Trinajstić information content (AvgIpc) is 3.27. The third-order valence-electron chi connectivity index (χ3n) is 3.63. The Hall–Kier alpha value is -1.55. The van der Waals surface area contributed by atoms with Crippen molar-refractivity contribution < 1.29 is 9.90 Å². The summed E-state index contributed by atoms with van der Waals surface area (Å²) in [6.07, 6.45) is 3.19. The highest BCUT2D eigenvalue weighted by atomic mass is 16.3. The maximum Gasteiger partial charge on any atom is 0.254 e. The Labute approximate surface area is 120 Å². The van der Waals surface area contributed by atoms with Crippen LogP contribution in [0.25, 0.3) is 0 Å². The molecular weight excluding hydrogens is 252 g/mol. The van der Waals surface area contributed by atoms with Crippen LogP contribution in [0.4, 0.5) is 5.69 Å². The summed E-state index contributed by atoms with van der Waals surface area (Å²) < 4.78 is 0. The Kier molecular flexibility index (Phi) is 5.01. The van der Waals surface area contributed by atoms with E-state index in [4.69, 9.17) is 5.11 Å². The van der Waals surface area contributed by atoms with Crippen molar-refractivity contribution in [3.05, 3.63) is 29.3 Å². The number of nitrogens with zero attached hydrogens (tertiary/aromatic N) is 1. The number of nitrogens with one attached hydrogen (secondary N) is 1. The summed E-state index contributed by atoms with van der Waals surface area (Å²) in [4.78, 5) is 14.3. The van der Waals surface area contributed by atoms with E-state index in [2.05, 4.69) is 12.2 Å². The first-order valence-electron chi connectivity index (χ1n) is 7.43. The maximum absolute atomic E-state index is 12.5. The SMILES string of the molecule is CCCNc1ccc(C(=O)N(CCO)C2CC2)cc1C. The van der Waals surface area contributed by atoms with Gasteiger partial charge in [-0.25, -0.2) is 0 Å². The Balaban J connectivity index is 2.11. The molecule has 2 N–H and O–H groups in total. The molecule has 1 aliphatic rings. The number of amides is 1. The molecule has 110 valence electrons. The van der Waals surface area contributed by atoms with Gasteiger partial charge in [-0.1, -0.05) is 6.92 Å². The number of carbonyl (C=O) groups is 1. The van der Waals surface area contributed by atoms with E-state index < -0.39 is 0 Å². The van der Waals surface area contributed by atoms with Gasteiger partial charge in [-0.2, -0.15) is 0 Å². The molecule has 0 aliphatic heterocycles. The van der Waals surface area contributed by atoms with Gasteiger partial charge < -0.3 is 15.3 Å². The molecule has 1 saturated carbocycles. The molecule has 0 unspecified atom stereocenters. The van der Waals surface area contributed by atoms with Gasteiger partial charge in [-0.15, -0.1) is 0 Å². The Morgan fingerprint density at radius 1 is 1.45 bits per heavy atom. The fraction of sp³-hybridized carbons (Fsp3) is 0.562. The van der Waals surface area contributed by atoms with Gasteiger partial charge >= 0.3 is 0 Å². The lowest BCUT2D eigenvalue weighted by Gasteiger charge is -2.22. The molecule has 0 aromatic heterocycles. The molecule has 0 bridgehead atoms. The van der Waals surface area contributed by atoms with Gasteiger partial charge in [-0.05, 0) is 49.9 Å². The van der Waals surface area contributed by atoms with Crippen LogP contribution in [0.1, 0.15) is 42.1 Å². The predicted molar refractivity (Wildman–Crippen MR) is 81.1 cm³/mol. The van der Waals surface area contributed by atoms with Gasteiger partial charge in [0.15, 0.2) is 0 Å². The molecule has 2 rings (SSSR count). The van der Waals surface area contributed by atoms with Crippen molar-refractivity contribution in [2.45, 2.75) is 39.2 Å². The van der Waals surface area contributed by atoms with Gasteiger partial charge in [0.1, 0.15) is 0 Å². The van der Waals surface area contributed by atoms with E-state index in [1.54, 1.807) is 4.90 Å². The second-order valence-corrected chi connectivity index (χ2v) is 5.41. The minimum Gasteiger partial charge on any atom is -0.395 e. The summed E-state index contributed by atoms with van der Waals surface area (Å²) >= 11 is 0. The lowest BCUT2D eigenvalue weighted by molar-refractivity contribution is 0.0707. The maximum atomic E-state index is 12.5. The minimum absolute atomic E-state index is 0.0252. The van der Waals surface area contributed by atoms with Gasteiger partial charge in [0.2, 0.25) is 0 Å². The molecule has 1 amide bonds. The van der Waals surface area contributed by atoms with Crippen molar-refractivity contribution in [3.63, 3.8) is 0 Å². The number of hydrogen-bond acceptors (Lipinski definition) is 3. The van der Waals surface area contributed by atoms with Crippen LogP contribution in [-0.4, -0.2) is 41.7 Å². The molecule has 0 heterocycles. The quantitative estimate of drug-likeness (QED) is 0.804. The van der Waals surface area contributed by atoms with E-state index in [1.807, 2.05) is 25.1 Å². The first-order valence-corrected chi connectivity index (χ1v) is 7.43. The highest BCUT2D eigenvalue weighted by molar-refractivity contribution is 5.95.